The van der Waals surface area contributed by atoms with E-state index in [0.29, 0.717) is 18.0 Å². The number of carbonyl (C=O) groups excluding carboxylic acids is 2. The molecular weight excluding hydrogens is 404 g/mol. The van der Waals surface area contributed by atoms with E-state index in [1.54, 1.807) is 30.8 Å². The molecule has 1 aromatic heterocycles. The van der Waals surface area contributed by atoms with Crippen molar-refractivity contribution in [2.24, 2.45) is 0 Å². The van der Waals surface area contributed by atoms with E-state index in [1.807, 2.05) is 36.1 Å². The number of thioether (sulfide) groups is 1. The molecule has 1 fully saturated rings. The second-order valence-corrected chi connectivity index (χ2v) is 9.61. The molecule has 8 heteroatoms. The highest BCUT2D eigenvalue weighted by Gasteiger charge is 2.25. The van der Waals surface area contributed by atoms with Crippen molar-refractivity contribution >= 4 is 34.9 Å². The van der Waals surface area contributed by atoms with Gasteiger partial charge < -0.3 is 9.80 Å². The molecule has 0 radical (unpaired) electrons. The standard InChI is InChI=1S/C21H28N4O2S2/c1-5-28-17-9-7-6-8-16(17)20(26)25-12-10-24(11-13-25)14-18-22-15(2)19(29-18)21(27)23(3)4/h6-9H,5,10-14H2,1-4H3. The van der Waals surface area contributed by atoms with Gasteiger partial charge in [0.2, 0.25) is 0 Å². The third-order valence-corrected chi connectivity index (χ3v) is 6.96. The van der Waals surface area contributed by atoms with Crippen LogP contribution in [0.25, 0.3) is 0 Å². The molecule has 1 aliphatic heterocycles. The van der Waals surface area contributed by atoms with E-state index in [0.717, 1.165) is 46.5 Å². The molecule has 1 aliphatic rings. The van der Waals surface area contributed by atoms with Crippen LogP contribution in [0.15, 0.2) is 29.2 Å². The maximum atomic E-state index is 13.0. The summed E-state index contributed by atoms with van der Waals surface area (Å²) in [5.41, 5.74) is 1.60. The normalized spacial score (nSPS) is 14.8. The quantitative estimate of drug-likeness (QED) is 0.656. The van der Waals surface area contributed by atoms with Gasteiger partial charge in [0, 0.05) is 45.2 Å². The van der Waals surface area contributed by atoms with Crippen molar-refractivity contribution in [3.8, 4) is 0 Å². The van der Waals surface area contributed by atoms with Gasteiger partial charge in [-0.1, -0.05) is 19.1 Å². The molecule has 0 bridgehead atoms. The average molecular weight is 433 g/mol. The maximum Gasteiger partial charge on any atom is 0.265 e. The Kier molecular flexibility index (Phi) is 7.32. The zero-order valence-corrected chi connectivity index (χ0v) is 19.1. The van der Waals surface area contributed by atoms with Gasteiger partial charge in [0.05, 0.1) is 17.8 Å². The van der Waals surface area contributed by atoms with E-state index in [4.69, 9.17) is 0 Å². The minimum atomic E-state index is 0.00489. The summed E-state index contributed by atoms with van der Waals surface area (Å²) >= 11 is 3.18. The highest BCUT2D eigenvalue weighted by molar-refractivity contribution is 7.99. The molecule has 2 heterocycles. The molecule has 1 saturated heterocycles. The number of aryl methyl sites for hydroxylation is 1. The van der Waals surface area contributed by atoms with Crippen LogP contribution in [0.1, 0.15) is 37.7 Å². The average Bonchev–Trinajstić information content (AvgIpc) is 3.08. The number of thiazole rings is 1. The van der Waals surface area contributed by atoms with Crippen molar-refractivity contribution in [3.05, 3.63) is 45.4 Å². The number of benzene rings is 1. The monoisotopic (exact) mass is 432 g/mol. The fourth-order valence-electron chi connectivity index (χ4n) is 3.32. The van der Waals surface area contributed by atoms with Crippen LogP contribution in [-0.4, -0.2) is 77.5 Å². The van der Waals surface area contributed by atoms with Gasteiger partial charge in [0.15, 0.2) is 0 Å². The van der Waals surface area contributed by atoms with Gasteiger partial charge in [-0.2, -0.15) is 0 Å². The molecule has 6 nitrogen and oxygen atoms in total. The fourth-order valence-corrected chi connectivity index (χ4v) is 5.24. The van der Waals surface area contributed by atoms with Crippen molar-refractivity contribution in [2.75, 3.05) is 46.0 Å². The summed E-state index contributed by atoms with van der Waals surface area (Å²) in [6.07, 6.45) is 0. The molecule has 1 aromatic carbocycles. The van der Waals surface area contributed by atoms with Crippen molar-refractivity contribution in [1.29, 1.82) is 0 Å². The molecule has 2 aromatic rings. The second kappa shape index (κ2) is 9.73. The van der Waals surface area contributed by atoms with Crippen LogP contribution in [0.3, 0.4) is 0 Å². The lowest BCUT2D eigenvalue weighted by atomic mass is 10.2. The molecule has 0 N–H and O–H groups in total. The molecule has 0 aliphatic carbocycles. The van der Waals surface area contributed by atoms with Gasteiger partial charge in [-0.25, -0.2) is 4.98 Å². The third kappa shape index (κ3) is 5.18. The Balaban J connectivity index is 1.59. The smallest absolute Gasteiger partial charge is 0.265 e. The number of hydrogen-bond donors (Lipinski definition) is 0. The van der Waals surface area contributed by atoms with E-state index in [9.17, 15) is 9.59 Å². The maximum absolute atomic E-state index is 13.0. The SMILES string of the molecule is CCSc1ccccc1C(=O)N1CCN(Cc2nc(C)c(C(=O)N(C)C)s2)CC1. The highest BCUT2D eigenvalue weighted by Crippen LogP contribution is 2.25. The lowest BCUT2D eigenvalue weighted by Crippen LogP contribution is -2.48. The summed E-state index contributed by atoms with van der Waals surface area (Å²) in [5, 5.41) is 0.956. The van der Waals surface area contributed by atoms with E-state index in [1.165, 1.54) is 11.3 Å². The summed E-state index contributed by atoms with van der Waals surface area (Å²) in [5.74, 6) is 1.07. The van der Waals surface area contributed by atoms with Crippen LogP contribution in [0.2, 0.25) is 0 Å². The van der Waals surface area contributed by atoms with E-state index in [-0.39, 0.29) is 11.8 Å². The van der Waals surface area contributed by atoms with Crippen LogP contribution < -0.4 is 0 Å². The predicted molar refractivity (Wildman–Crippen MR) is 119 cm³/mol. The van der Waals surface area contributed by atoms with Crippen LogP contribution in [0.5, 0.6) is 0 Å². The topological polar surface area (TPSA) is 56.8 Å². The zero-order valence-electron chi connectivity index (χ0n) is 17.5. The second-order valence-electron chi connectivity index (χ2n) is 7.22. The van der Waals surface area contributed by atoms with Crippen molar-refractivity contribution in [2.45, 2.75) is 25.3 Å². The zero-order chi connectivity index (χ0) is 21.0. The van der Waals surface area contributed by atoms with Gasteiger partial charge in [-0.15, -0.1) is 23.1 Å². The summed E-state index contributed by atoms with van der Waals surface area (Å²) in [4.78, 5) is 37.4. The number of piperazine rings is 1. The number of hydrogen-bond acceptors (Lipinski definition) is 6. The van der Waals surface area contributed by atoms with Gasteiger partial charge >= 0.3 is 0 Å². The van der Waals surface area contributed by atoms with Crippen LogP contribution in [-0.2, 0) is 6.54 Å². The molecule has 0 saturated carbocycles. The van der Waals surface area contributed by atoms with E-state index >= 15 is 0 Å². The fraction of sp³-hybridized carbons (Fsp3) is 0.476. The molecule has 2 amide bonds. The Bertz CT molecular complexity index is 873. The Hall–Kier alpha value is -1.90. The van der Waals surface area contributed by atoms with Crippen molar-refractivity contribution < 1.29 is 9.59 Å². The van der Waals surface area contributed by atoms with Crippen LogP contribution in [0.4, 0.5) is 0 Å². The van der Waals surface area contributed by atoms with Crippen LogP contribution >= 0.6 is 23.1 Å². The predicted octanol–water partition coefficient (Wildman–Crippen LogP) is 3.22. The first-order valence-corrected chi connectivity index (χ1v) is 11.6. The number of nitrogens with zero attached hydrogens (tertiary/aromatic N) is 4. The van der Waals surface area contributed by atoms with E-state index in [2.05, 4.69) is 16.8 Å². The number of amides is 2. The highest BCUT2D eigenvalue weighted by atomic mass is 32.2. The van der Waals surface area contributed by atoms with Crippen LogP contribution in [0, 0.1) is 6.92 Å². The molecule has 29 heavy (non-hydrogen) atoms. The van der Waals surface area contributed by atoms with Crippen molar-refractivity contribution in [3.63, 3.8) is 0 Å². The minimum absolute atomic E-state index is 0.00489. The molecule has 0 spiro atoms. The lowest BCUT2D eigenvalue weighted by molar-refractivity contribution is 0.0625. The first-order chi connectivity index (χ1) is 13.9. The molecule has 3 rings (SSSR count). The molecule has 156 valence electrons. The Morgan fingerprint density at radius 1 is 1.17 bits per heavy atom. The Morgan fingerprint density at radius 3 is 2.52 bits per heavy atom. The number of aromatic nitrogens is 1. The Labute approximate surface area is 180 Å². The third-order valence-electron chi connectivity index (χ3n) is 4.88. The lowest BCUT2D eigenvalue weighted by Gasteiger charge is -2.34. The number of carbonyl (C=O) groups is 2. The summed E-state index contributed by atoms with van der Waals surface area (Å²) in [7, 11) is 3.52. The summed E-state index contributed by atoms with van der Waals surface area (Å²) in [6, 6.07) is 7.86. The number of rotatable bonds is 6. The molecule has 0 unspecified atom stereocenters. The minimum Gasteiger partial charge on any atom is -0.344 e. The molecule has 0 atom stereocenters. The summed E-state index contributed by atoms with van der Waals surface area (Å²) < 4.78 is 0. The Morgan fingerprint density at radius 2 is 1.86 bits per heavy atom. The van der Waals surface area contributed by atoms with Gasteiger partial charge in [-0.05, 0) is 24.8 Å². The largest absolute Gasteiger partial charge is 0.344 e. The first-order valence-electron chi connectivity index (χ1n) is 9.82. The first kappa shape index (κ1) is 21.8. The summed E-state index contributed by atoms with van der Waals surface area (Å²) in [6.45, 7) is 7.74. The molecular formula is C21H28N4O2S2. The van der Waals surface area contributed by atoms with Gasteiger partial charge in [0.25, 0.3) is 11.8 Å². The van der Waals surface area contributed by atoms with Crippen molar-refractivity contribution in [1.82, 2.24) is 19.7 Å². The van der Waals surface area contributed by atoms with E-state index < -0.39 is 0 Å². The van der Waals surface area contributed by atoms with Gasteiger partial charge in [0.1, 0.15) is 9.88 Å². The van der Waals surface area contributed by atoms with Gasteiger partial charge in [-0.3, -0.25) is 14.5 Å².